The second-order valence-electron chi connectivity index (χ2n) is 9.43. The molecule has 6 heteroatoms. The van der Waals surface area contributed by atoms with E-state index < -0.39 is 0 Å². The Morgan fingerprint density at radius 2 is 1.31 bits per heavy atom. The summed E-state index contributed by atoms with van der Waals surface area (Å²) in [5.41, 5.74) is 5.24. The first-order valence-corrected chi connectivity index (χ1v) is 13.7. The van der Waals surface area contributed by atoms with Crippen molar-refractivity contribution in [1.29, 1.82) is 0 Å². The van der Waals surface area contributed by atoms with Crippen molar-refractivity contribution in [3.63, 3.8) is 0 Å². The number of unbranched alkanes of at least 4 members (excludes halogenated alkanes) is 4. The third-order valence-electron chi connectivity index (χ3n) is 6.79. The maximum Gasteiger partial charge on any atom is 0.305 e. The molecule has 0 saturated heterocycles. The Bertz CT molecular complexity index is 1310. The van der Waals surface area contributed by atoms with Gasteiger partial charge in [-0.2, -0.15) is 0 Å². The maximum absolute atomic E-state index is 11.6. The van der Waals surface area contributed by atoms with E-state index in [1.165, 1.54) is 0 Å². The normalized spacial score (nSPS) is 10.8. The minimum Gasteiger partial charge on any atom is -0.497 e. The van der Waals surface area contributed by atoms with Gasteiger partial charge in [0.15, 0.2) is 0 Å². The first kappa shape index (κ1) is 28.0. The summed E-state index contributed by atoms with van der Waals surface area (Å²) in [6, 6.07) is 26.6. The highest BCUT2D eigenvalue weighted by atomic mass is 16.5. The highest BCUT2D eigenvalue weighted by molar-refractivity contribution is 5.82. The molecule has 4 rings (SSSR count). The molecule has 4 aromatic rings. The van der Waals surface area contributed by atoms with Gasteiger partial charge in [-0.1, -0.05) is 49.6 Å². The Morgan fingerprint density at radius 1 is 0.718 bits per heavy atom. The Hall–Kier alpha value is -4.06. The van der Waals surface area contributed by atoms with Crippen molar-refractivity contribution >= 4 is 5.97 Å². The molecule has 1 aromatic heterocycles. The summed E-state index contributed by atoms with van der Waals surface area (Å²) in [7, 11) is 3.36. The van der Waals surface area contributed by atoms with Crippen LogP contribution in [0.15, 0.2) is 78.9 Å². The predicted octanol–water partition coefficient (Wildman–Crippen LogP) is 7.81. The van der Waals surface area contributed by atoms with Crippen LogP contribution >= 0.6 is 0 Å². The van der Waals surface area contributed by atoms with Gasteiger partial charge >= 0.3 is 5.97 Å². The number of esters is 1. The van der Waals surface area contributed by atoms with Crippen LogP contribution in [0.2, 0.25) is 0 Å². The lowest BCUT2D eigenvalue weighted by atomic mass is 10.0. The molecular formula is C33H38N2O4. The zero-order chi connectivity index (χ0) is 27.5. The molecule has 204 valence electrons. The predicted molar refractivity (Wildman–Crippen MR) is 156 cm³/mol. The van der Waals surface area contributed by atoms with E-state index >= 15 is 0 Å². The molecule has 0 spiro atoms. The van der Waals surface area contributed by atoms with Crippen LogP contribution in [0.4, 0.5) is 0 Å². The van der Waals surface area contributed by atoms with Crippen LogP contribution in [0.25, 0.3) is 33.9 Å². The highest BCUT2D eigenvalue weighted by Crippen LogP contribution is 2.37. The molecule has 0 aliphatic heterocycles. The Kier molecular flexibility index (Phi) is 10.2. The number of imidazole rings is 1. The summed E-state index contributed by atoms with van der Waals surface area (Å²) in [5, 5.41) is 0. The summed E-state index contributed by atoms with van der Waals surface area (Å²) in [5.74, 6) is 2.49. The largest absolute Gasteiger partial charge is 0.497 e. The molecule has 1 heterocycles. The van der Waals surface area contributed by atoms with Crippen molar-refractivity contribution in [1.82, 2.24) is 9.55 Å². The topological polar surface area (TPSA) is 62.6 Å². The summed E-state index contributed by atoms with van der Waals surface area (Å²) in [4.78, 5) is 16.8. The molecule has 39 heavy (non-hydrogen) atoms. The van der Waals surface area contributed by atoms with E-state index in [9.17, 15) is 4.79 Å². The first-order chi connectivity index (χ1) is 19.1. The van der Waals surface area contributed by atoms with E-state index in [2.05, 4.69) is 53.1 Å². The van der Waals surface area contributed by atoms with Crippen molar-refractivity contribution in [2.45, 2.75) is 52.0 Å². The van der Waals surface area contributed by atoms with Crippen LogP contribution in [0.1, 0.15) is 45.4 Å². The second kappa shape index (κ2) is 14.2. The van der Waals surface area contributed by atoms with Gasteiger partial charge in [0.2, 0.25) is 0 Å². The summed E-state index contributed by atoms with van der Waals surface area (Å²) < 4.78 is 18.2. The number of carbonyl (C=O) groups excluding carboxylic acids is 1. The number of hydrogen-bond donors (Lipinski definition) is 0. The zero-order valence-electron chi connectivity index (χ0n) is 23.2. The Morgan fingerprint density at radius 3 is 1.92 bits per heavy atom. The quantitative estimate of drug-likeness (QED) is 0.124. The summed E-state index contributed by atoms with van der Waals surface area (Å²) in [6.07, 6.45) is 5.57. The SMILES string of the molecule is CCOC(=O)CCCCCCCn1c(-c2ccccc2)nc(-c2ccc(OC)cc2)c1-c1ccc(OC)cc1. The van der Waals surface area contributed by atoms with E-state index in [0.29, 0.717) is 13.0 Å². The fourth-order valence-electron chi connectivity index (χ4n) is 4.77. The molecule has 0 aliphatic carbocycles. The zero-order valence-corrected chi connectivity index (χ0v) is 23.2. The third kappa shape index (κ3) is 7.29. The molecule has 0 unspecified atom stereocenters. The van der Waals surface area contributed by atoms with Crippen molar-refractivity contribution in [3.8, 4) is 45.4 Å². The summed E-state index contributed by atoms with van der Waals surface area (Å²) >= 11 is 0. The van der Waals surface area contributed by atoms with Gasteiger partial charge in [0.1, 0.15) is 17.3 Å². The van der Waals surface area contributed by atoms with Crippen LogP contribution in [-0.2, 0) is 16.1 Å². The lowest BCUT2D eigenvalue weighted by Crippen LogP contribution is -2.04. The van der Waals surface area contributed by atoms with E-state index in [-0.39, 0.29) is 5.97 Å². The van der Waals surface area contributed by atoms with Crippen LogP contribution in [0, 0.1) is 0 Å². The van der Waals surface area contributed by atoms with Crippen LogP contribution in [0.3, 0.4) is 0 Å². The van der Waals surface area contributed by atoms with Gasteiger partial charge in [0.05, 0.1) is 32.2 Å². The van der Waals surface area contributed by atoms with Gasteiger partial charge in [-0.05, 0) is 68.3 Å². The molecule has 6 nitrogen and oxygen atoms in total. The minimum absolute atomic E-state index is 0.0985. The van der Waals surface area contributed by atoms with Crippen LogP contribution in [-0.4, -0.2) is 36.3 Å². The summed E-state index contributed by atoms with van der Waals surface area (Å²) in [6.45, 7) is 3.13. The van der Waals surface area contributed by atoms with E-state index in [4.69, 9.17) is 19.2 Å². The first-order valence-electron chi connectivity index (χ1n) is 13.7. The average Bonchev–Trinajstić information content (AvgIpc) is 3.36. The van der Waals surface area contributed by atoms with Gasteiger partial charge < -0.3 is 18.8 Å². The van der Waals surface area contributed by atoms with Crippen LogP contribution in [0.5, 0.6) is 11.5 Å². The number of benzene rings is 3. The van der Waals surface area contributed by atoms with E-state index in [1.54, 1.807) is 14.2 Å². The number of carbonyl (C=O) groups is 1. The van der Waals surface area contributed by atoms with Crippen molar-refractivity contribution < 1.29 is 19.0 Å². The molecule has 0 saturated carbocycles. The minimum atomic E-state index is -0.0985. The lowest BCUT2D eigenvalue weighted by Gasteiger charge is -2.14. The van der Waals surface area contributed by atoms with E-state index in [0.717, 1.165) is 84.1 Å². The monoisotopic (exact) mass is 526 g/mol. The van der Waals surface area contributed by atoms with Crippen LogP contribution < -0.4 is 9.47 Å². The van der Waals surface area contributed by atoms with Gasteiger partial charge in [0.25, 0.3) is 0 Å². The smallest absolute Gasteiger partial charge is 0.305 e. The molecule has 0 radical (unpaired) electrons. The number of nitrogens with zero attached hydrogens (tertiary/aromatic N) is 2. The number of methoxy groups -OCH3 is 2. The maximum atomic E-state index is 11.6. The number of aromatic nitrogens is 2. The standard InChI is InChI=1S/C33H38N2O4/c1-4-39-30(36)15-11-6-5-7-12-24-35-32(26-18-22-29(38-3)23-19-26)31(25-16-20-28(37-2)21-17-25)34-33(35)27-13-9-8-10-14-27/h8-10,13-14,16-23H,4-7,11-12,15,24H2,1-3H3. The molecule has 0 fully saturated rings. The fraction of sp³-hybridized carbons (Fsp3) is 0.333. The van der Waals surface area contributed by atoms with Gasteiger partial charge in [-0.25, -0.2) is 4.98 Å². The Labute approximate surface area is 231 Å². The number of hydrogen-bond acceptors (Lipinski definition) is 5. The second-order valence-corrected chi connectivity index (χ2v) is 9.43. The molecule has 0 aliphatic rings. The molecular weight excluding hydrogens is 488 g/mol. The molecule has 0 bridgehead atoms. The molecule has 0 amide bonds. The molecule has 3 aromatic carbocycles. The highest BCUT2D eigenvalue weighted by Gasteiger charge is 2.21. The van der Waals surface area contributed by atoms with Gasteiger partial charge in [-0.3, -0.25) is 4.79 Å². The number of ether oxygens (including phenoxy) is 3. The third-order valence-corrected chi connectivity index (χ3v) is 6.79. The average molecular weight is 527 g/mol. The van der Waals surface area contributed by atoms with Crippen molar-refractivity contribution in [2.24, 2.45) is 0 Å². The fourth-order valence-corrected chi connectivity index (χ4v) is 4.77. The van der Waals surface area contributed by atoms with Gasteiger partial charge in [0, 0.05) is 29.7 Å². The van der Waals surface area contributed by atoms with E-state index in [1.807, 2.05) is 37.3 Å². The number of rotatable bonds is 14. The Balaban J connectivity index is 1.65. The van der Waals surface area contributed by atoms with Crippen molar-refractivity contribution in [3.05, 3.63) is 78.9 Å². The molecule has 0 atom stereocenters. The lowest BCUT2D eigenvalue weighted by molar-refractivity contribution is -0.143. The van der Waals surface area contributed by atoms with Gasteiger partial charge in [-0.15, -0.1) is 0 Å². The molecule has 0 N–H and O–H groups in total. The van der Waals surface area contributed by atoms with Crippen molar-refractivity contribution in [2.75, 3.05) is 20.8 Å².